The lowest BCUT2D eigenvalue weighted by atomic mass is 10.0. The van der Waals surface area contributed by atoms with Gasteiger partial charge in [-0.25, -0.2) is 4.98 Å². The number of aromatic nitrogens is 1. The topological polar surface area (TPSA) is 38.9 Å². The van der Waals surface area contributed by atoms with Crippen molar-refractivity contribution in [2.24, 2.45) is 5.73 Å². The Morgan fingerprint density at radius 1 is 1.28 bits per heavy atom. The van der Waals surface area contributed by atoms with Crippen LogP contribution in [0.3, 0.4) is 0 Å². The molecule has 2 nitrogen and oxygen atoms in total. The molecule has 0 aliphatic carbocycles. The molecule has 0 saturated carbocycles. The molecule has 2 N–H and O–H groups in total. The van der Waals surface area contributed by atoms with Crippen molar-refractivity contribution in [1.29, 1.82) is 0 Å². The molecule has 1 heterocycles. The predicted molar refractivity (Wildman–Crippen MR) is 78.2 cm³/mol. The summed E-state index contributed by atoms with van der Waals surface area (Å²) in [5.41, 5.74) is 8.93. The van der Waals surface area contributed by atoms with Crippen LogP contribution in [0.1, 0.15) is 37.3 Å². The Bertz CT molecular complexity index is 549. The van der Waals surface area contributed by atoms with Crippen molar-refractivity contribution in [3.05, 3.63) is 40.5 Å². The molecule has 0 fully saturated rings. The third-order valence-corrected chi connectivity index (χ3v) is 3.45. The Kier molecular flexibility index (Phi) is 4.20. The summed E-state index contributed by atoms with van der Waals surface area (Å²) in [5, 5.41) is 1.78. The SMILES string of the molecule is CC(C)c1cc2cc(CCCN)ccc2nc1Cl. The van der Waals surface area contributed by atoms with Crippen LogP contribution < -0.4 is 5.73 Å². The number of fused-ring (bicyclic) bond motifs is 1. The lowest BCUT2D eigenvalue weighted by Crippen LogP contribution is -2.00. The summed E-state index contributed by atoms with van der Waals surface area (Å²) < 4.78 is 0. The largest absolute Gasteiger partial charge is 0.330 e. The Morgan fingerprint density at radius 2 is 2.06 bits per heavy atom. The molecule has 0 atom stereocenters. The van der Waals surface area contributed by atoms with Gasteiger partial charge in [-0.15, -0.1) is 0 Å². The van der Waals surface area contributed by atoms with Crippen LogP contribution in [0.4, 0.5) is 0 Å². The van der Waals surface area contributed by atoms with Crippen molar-refractivity contribution in [3.8, 4) is 0 Å². The molecule has 1 aromatic heterocycles. The predicted octanol–water partition coefficient (Wildman–Crippen LogP) is 3.90. The fraction of sp³-hybridized carbons (Fsp3) is 0.400. The van der Waals surface area contributed by atoms with E-state index in [-0.39, 0.29) is 0 Å². The van der Waals surface area contributed by atoms with Crippen LogP contribution in [0.2, 0.25) is 5.15 Å². The zero-order chi connectivity index (χ0) is 13.1. The number of halogens is 1. The first-order valence-electron chi connectivity index (χ1n) is 6.41. The van der Waals surface area contributed by atoms with Gasteiger partial charge in [0.25, 0.3) is 0 Å². The lowest BCUT2D eigenvalue weighted by molar-refractivity contribution is 0.833. The molecule has 1 aromatic carbocycles. The Balaban J connectivity index is 2.44. The molecular formula is C15H19ClN2. The Hall–Kier alpha value is -1.12. The summed E-state index contributed by atoms with van der Waals surface area (Å²) in [4.78, 5) is 4.46. The molecule has 3 heteroatoms. The summed E-state index contributed by atoms with van der Waals surface area (Å²) in [5.74, 6) is 0.391. The first-order valence-corrected chi connectivity index (χ1v) is 6.78. The highest BCUT2D eigenvalue weighted by molar-refractivity contribution is 6.30. The summed E-state index contributed by atoms with van der Waals surface area (Å²) in [6, 6.07) is 8.50. The van der Waals surface area contributed by atoms with E-state index >= 15 is 0 Å². The molecule has 0 aliphatic rings. The first-order chi connectivity index (χ1) is 8.61. The van der Waals surface area contributed by atoms with Crippen LogP contribution in [0.15, 0.2) is 24.3 Å². The highest BCUT2D eigenvalue weighted by Crippen LogP contribution is 2.27. The maximum atomic E-state index is 6.19. The van der Waals surface area contributed by atoms with Crippen LogP contribution >= 0.6 is 11.6 Å². The number of pyridine rings is 1. The molecule has 0 spiro atoms. The van der Waals surface area contributed by atoms with E-state index in [9.17, 15) is 0 Å². The van der Waals surface area contributed by atoms with E-state index in [1.807, 2.05) is 6.07 Å². The molecule has 0 unspecified atom stereocenters. The van der Waals surface area contributed by atoms with Gasteiger partial charge in [0.05, 0.1) is 5.52 Å². The molecule has 0 bridgehead atoms. The van der Waals surface area contributed by atoms with E-state index < -0.39 is 0 Å². The van der Waals surface area contributed by atoms with E-state index in [1.165, 1.54) is 5.56 Å². The van der Waals surface area contributed by atoms with E-state index in [0.717, 1.165) is 35.9 Å². The molecule has 2 aromatic rings. The highest BCUT2D eigenvalue weighted by Gasteiger charge is 2.08. The molecule has 0 radical (unpaired) electrons. The van der Waals surface area contributed by atoms with Gasteiger partial charge in [-0.05, 0) is 54.6 Å². The number of nitrogens with two attached hydrogens (primary N) is 1. The number of benzene rings is 1. The third kappa shape index (κ3) is 2.82. The van der Waals surface area contributed by atoms with Crippen LogP contribution in [-0.4, -0.2) is 11.5 Å². The van der Waals surface area contributed by atoms with Crippen molar-refractivity contribution >= 4 is 22.5 Å². The van der Waals surface area contributed by atoms with Gasteiger partial charge >= 0.3 is 0 Å². The molecular weight excluding hydrogens is 244 g/mol. The second-order valence-corrected chi connectivity index (χ2v) is 5.30. The number of aryl methyl sites for hydroxylation is 1. The number of nitrogens with zero attached hydrogens (tertiary/aromatic N) is 1. The maximum Gasteiger partial charge on any atom is 0.133 e. The normalized spacial score (nSPS) is 11.4. The molecule has 18 heavy (non-hydrogen) atoms. The van der Waals surface area contributed by atoms with E-state index in [0.29, 0.717) is 11.1 Å². The smallest absolute Gasteiger partial charge is 0.133 e. The first kappa shape index (κ1) is 13.3. The van der Waals surface area contributed by atoms with Crippen molar-refractivity contribution < 1.29 is 0 Å². The van der Waals surface area contributed by atoms with Crippen LogP contribution in [-0.2, 0) is 6.42 Å². The van der Waals surface area contributed by atoms with Gasteiger partial charge in [0.1, 0.15) is 5.15 Å². The quantitative estimate of drug-likeness (QED) is 0.849. The van der Waals surface area contributed by atoms with Gasteiger partial charge in [-0.2, -0.15) is 0 Å². The number of hydrogen-bond acceptors (Lipinski definition) is 2. The summed E-state index contributed by atoms with van der Waals surface area (Å²) in [7, 11) is 0. The van der Waals surface area contributed by atoms with E-state index in [1.54, 1.807) is 0 Å². The Morgan fingerprint density at radius 3 is 2.72 bits per heavy atom. The minimum atomic E-state index is 0.391. The van der Waals surface area contributed by atoms with Crippen LogP contribution in [0, 0.1) is 0 Å². The molecule has 0 aliphatic heterocycles. The van der Waals surface area contributed by atoms with E-state index in [4.69, 9.17) is 17.3 Å². The second kappa shape index (κ2) is 5.68. The van der Waals surface area contributed by atoms with Gasteiger partial charge in [-0.3, -0.25) is 0 Å². The standard InChI is InChI=1S/C15H19ClN2/c1-10(2)13-9-12-8-11(4-3-7-17)5-6-14(12)18-15(13)16/h5-6,8-10H,3-4,7,17H2,1-2H3. The minimum Gasteiger partial charge on any atom is -0.330 e. The minimum absolute atomic E-state index is 0.391. The average molecular weight is 263 g/mol. The fourth-order valence-corrected chi connectivity index (χ4v) is 2.45. The van der Waals surface area contributed by atoms with Crippen molar-refractivity contribution in [2.75, 3.05) is 6.54 Å². The van der Waals surface area contributed by atoms with Crippen LogP contribution in [0.5, 0.6) is 0 Å². The molecule has 0 saturated heterocycles. The summed E-state index contributed by atoms with van der Waals surface area (Å²) >= 11 is 6.19. The number of hydrogen-bond donors (Lipinski definition) is 1. The fourth-order valence-electron chi connectivity index (χ4n) is 2.09. The van der Waals surface area contributed by atoms with Gasteiger partial charge in [0, 0.05) is 5.39 Å². The van der Waals surface area contributed by atoms with Crippen molar-refractivity contribution in [3.63, 3.8) is 0 Å². The monoisotopic (exact) mass is 262 g/mol. The molecule has 96 valence electrons. The van der Waals surface area contributed by atoms with Gasteiger partial charge < -0.3 is 5.73 Å². The summed E-state index contributed by atoms with van der Waals surface area (Å²) in [6.45, 7) is 4.99. The Labute approximate surface area is 113 Å². The highest BCUT2D eigenvalue weighted by atomic mass is 35.5. The second-order valence-electron chi connectivity index (χ2n) is 4.94. The lowest BCUT2D eigenvalue weighted by Gasteiger charge is -2.10. The van der Waals surface area contributed by atoms with Gasteiger partial charge in [0.15, 0.2) is 0 Å². The van der Waals surface area contributed by atoms with Crippen molar-refractivity contribution in [1.82, 2.24) is 4.98 Å². The van der Waals surface area contributed by atoms with Gasteiger partial charge in [-0.1, -0.05) is 31.5 Å². The average Bonchev–Trinajstić information content (AvgIpc) is 2.35. The van der Waals surface area contributed by atoms with Crippen molar-refractivity contribution in [2.45, 2.75) is 32.6 Å². The zero-order valence-electron chi connectivity index (χ0n) is 10.9. The van der Waals surface area contributed by atoms with Gasteiger partial charge in [0.2, 0.25) is 0 Å². The zero-order valence-corrected chi connectivity index (χ0v) is 11.7. The van der Waals surface area contributed by atoms with E-state index in [2.05, 4.69) is 37.0 Å². The summed E-state index contributed by atoms with van der Waals surface area (Å²) in [6.07, 6.45) is 2.04. The molecule has 0 amide bonds. The maximum absolute atomic E-state index is 6.19. The number of rotatable bonds is 4. The van der Waals surface area contributed by atoms with Crippen LogP contribution in [0.25, 0.3) is 10.9 Å². The molecule has 2 rings (SSSR count). The third-order valence-electron chi connectivity index (χ3n) is 3.15.